The Hall–Kier alpha value is -1.55. The summed E-state index contributed by atoms with van der Waals surface area (Å²) in [5, 5.41) is 0. The first kappa shape index (κ1) is 14.4. The molecule has 0 bridgehead atoms. The maximum Gasteiger partial charge on any atom is 0.248 e. The molecule has 0 spiro atoms. The van der Waals surface area contributed by atoms with Gasteiger partial charge in [0.05, 0.1) is 6.61 Å². The molecule has 1 aromatic rings. The summed E-state index contributed by atoms with van der Waals surface area (Å²) in [6, 6.07) is 7.88. The minimum Gasteiger partial charge on any atom is -0.494 e. The van der Waals surface area contributed by atoms with Gasteiger partial charge in [0, 0.05) is 18.2 Å². The number of fused-ring (bicyclic) bond motifs is 1. The molecular formula is C17H24N2O2. The van der Waals surface area contributed by atoms with Crippen molar-refractivity contribution in [1.29, 1.82) is 0 Å². The molecule has 1 saturated carbocycles. The van der Waals surface area contributed by atoms with Crippen LogP contribution in [0.5, 0.6) is 5.75 Å². The number of hydrogen-bond acceptors (Lipinski definition) is 3. The summed E-state index contributed by atoms with van der Waals surface area (Å²) in [6.45, 7) is 3.13. The Balaban J connectivity index is 1.39. The van der Waals surface area contributed by atoms with E-state index in [0.717, 1.165) is 37.3 Å². The van der Waals surface area contributed by atoms with Crippen molar-refractivity contribution in [2.75, 3.05) is 19.7 Å². The molecule has 3 rings (SSSR count). The van der Waals surface area contributed by atoms with Crippen LogP contribution in [0.15, 0.2) is 24.3 Å². The molecule has 1 aromatic carbocycles. The van der Waals surface area contributed by atoms with Crippen LogP contribution in [0.1, 0.15) is 42.5 Å². The number of nitrogens with zero attached hydrogens (tertiary/aromatic N) is 1. The molecule has 1 saturated heterocycles. The Bertz CT molecular complexity index is 486. The minimum absolute atomic E-state index is 0.401. The maximum atomic E-state index is 11.0. The normalized spacial score (nSPS) is 25.0. The third-order valence-corrected chi connectivity index (χ3v) is 4.87. The maximum absolute atomic E-state index is 11.0. The van der Waals surface area contributed by atoms with Crippen molar-refractivity contribution in [1.82, 2.24) is 4.90 Å². The Morgan fingerprint density at radius 3 is 2.81 bits per heavy atom. The molecule has 1 amide bonds. The summed E-state index contributed by atoms with van der Waals surface area (Å²) in [5.41, 5.74) is 5.73. The summed E-state index contributed by atoms with van der Waals surface area (Å²) in [7, 11) is 0. The first-order valence-electron chi connectivity index (χ1n) is 8.01. The second kappa shape index (κ2) is 6.48. The predicted molar refractivity (Wildman–Crippen MR) is 82.4 cm³/mol. The van der Waals surface area contributed by atoms with Crippen molar-refractivity contribution in [2.24, 2.45) is 11.7 Å². The number of hydrogen-bond donors (Lipinski definition) is 1. The van der Waals surface area contributed by atoms with Crippen molar-refractivity contribution in [3.63, 3.8) is 0 Å². The third-order valence-electron chi connectivity index (χ3n) is 4.87. The monoisotopic (exact) mass is 288 g/mol. The van der Waals surface area contributed by atoms with E-state index in [4.69, 9.17) is 10.5 Å². The lowest BCUT2D eigenvalue weighted by Crippen LogP contribution is -2.31. The predicted octanol–water partition coefficient (Wildman–Crippen LogP) is 2.43. The van der Waals surface area contributed by atoms with Gasteiger partial charge >= 0.3 is 0 Å². The lowest BCUT2D eigenvalue weighted by Gasteiger charge is -2.23. The number of carbonyl (C=O) groups excluding carboxylic acids is 1. The summed E-state index contributed by atoms with van der Waals surface area (Å²) in [5.74, 6) is 1.37. The van der Waals surface area contributed by atoms with Crippen LogP contribution >= 0.6 is 0 Å². The highest BCUT2D eigenvalue weighted by Gasteiger charge is 2.36. The quantitative estimate of drug-likeness (QED) is 0.818. The Morgan fingerprint density at radius 1 is 1.24 bits per heavy atom. The molecule has 1 heterocycles. The number of amides is 1. The second-order valence-electron chi connectivity index (χ2n) is 6.17. The number of nitrogens with two attached hydrogens (primary N) is 1. The molecule has 0 aromatic heterocycles. The van der Waals surface area contributed by atoms with Crippen LogP contribution in [0.2, 0.25) is 0 Å². The van der Waals surface area contributed by atoms with Gasteiger partial charge in [-0.2, -0.15) is 0 Å². The standard InChI is InChI=1S/C17H24N2O2/c18-17(20)14-5-7-15(8-6-14)21-12-2-10-19-11-9-13-3-1-4-16(13)19/h5-8,13,16H,1-4,9-12H2,(H2,18,20)/t13-,16+/m0/s1. The van der Waals surface area contributed by atoms with Gasteiger partial charge in [0.2, 0.25) is 5.91 Å². The van der Waals surface area contributed by atoms with E-state index in [9.17, 15) is 4.79 Å². The lowest BCUT2D eigenvalue weighted by molar-refractivity contribution is 0.100. The second-order valence-corrected chi connectivity index (χ2v) is 6.17. The van der Waals surface area contributed by atoms with Crippen LogP contribution in [0.4, 0.5) is 0 Å². The number of benzene rings is 1. The number of ether oxygens (including phenoxy) is 1. The van der Waals surface area contributed by atoms with Gasteiger partial charge in [-0.05, 0) is 62.4 Å². The molecule has 4 nitrogen and oxygen atoms in total. The van der Waals surface area contributed by atoms with Gasteiger partial charge in [-0.3, -0.25) is 9.69 Å². The van der Waals surface area contributed by atoms with Gasteiger partial charge in [-0.1, -0.05) is 6.42 Å². The lowest BCUT2D eigenvalue weighted by atomic mass is 10.0. The molecule has 0 unspecified atom stereocenters. The molecule has 4 heteroatoms. The van der Waals surface area contributed by atoms with Crippen molar-refractivity contribution in [3.8, 4) is 5.75 Å². The fourth-order valence-electron chi connectivity index (χ4n) is 3.78. The van der Waals surface area contributed by atoms with Crippen LogP contribution < -0.4 is 10.5 Å². The highest BCUT2D eigenvalue weighted by molar-refractivity contribution is 5.92. The average molecular weight is 288 g/mol. The molecule has 2 N–H and O–H groups in total. The van der Waals surface area contributed by atoms with E-state index in [0.29, 0.717) is 5.56 Å². The number of likely N-dealkylation sites (tertiary alicyclic amines) is 1. The first-order chi connectivity index (χ1) is 10.2. The number of primary amides is 1. The third kappa shape index (κ3) is 3.38. The van der Waals surface area contributed by atoms with Gasteiger partial charge in [-0.15, -0.1) is 0 Å². The number of rotatable bonds is 6. The Morgan fingerprint density at radius 2 is 2.05 bits per heavy atom. The molecular weight excluding hydrogens is 264 g/mol. The zero-order chi connectivity index (χ0) is 14.7. The highest BCUT2D eigenvalue weighted by Crippen LogP contribution is 2.37. The molecule has 2 atom stereocenters. The number of carbonyl (C=O) groups is 1. The first-order valence-corrected chi connectivity index (χ1v) is 8.01. The van der Waals surface area contributed by atoms with Gasteiger partial charge in [-0.25, -0.2) is 0 Å². The van der Waals surface area contributed by atoms with Crippen LogP contribution in [0.3, 0.4) is 0 Å². The van der Waals surface area contributed by atoms with Gasteiger partial charge in [0.25, 0.3) is 0 Å². The Labute approximate surface area is 126 Å². The Kier molecular flexibility index (Phi) is 4.44. The molecule has 1 aliphatic carbocycles. The summed E-state index contributed by atoms with van der Waals surface area (Å²) < 4.78 is 5.73. The molecule has 0 radical (unpaired) electrons. The smallest absolute Gasteiger partial charge is 0.248 e. The van der Waals surface area contributed by atoms with Crippen molar-refractivity contribution in [3.05, 3.63) is 29.8 Å². The molecule has 2 fully saturated rings. The van der Waals surface area contributed by atoms with E-state index in [-0.39, 0.29) is 0 Å². The van der Waals surface area contributed by atoms with Crippen molar-refractivity contribution < 1.29 is 9.53 Å². The molecule has 2 aliphatic rings. The largest absolute Gasteiger partial charge is 0.494 e. The zero-order valence-corrected chi connectivity index (χ0v) is 12.5. The van der Waals surface area contributed by atoms with Crippen molar-refractivity contribution in [2.45, 2.75) is 38.1 Å². The summed E-state index contributed by atoms with van der Waals surface area (Å²) in [6.07, 6.45) is 6.68. The summed E-state index contributed by atoms with van der Waals surface area (Å²) >= 11 is 0. The van der Waals surface area contributed by atoms with Crippen LogP contribution in [0, 0.1) is 5.92 Å². The van der Waals surface area contributed by atoms with Gasteiger partial charge < -0.3 is 10.5 Å². The van der Waals surface area contributed by atoms with Crippen LogP contribution in [-0.2, 0) is 0 Å². The average Bonchev–Trinajstić information content (AvgIpc) is 3.08. The van der Waals surface area contributed by atoms with E-state index in [1.807, 2.05) is 12.1 Å². The zero-order valence-electron chi connectivity index (χ0n) is 12.5. The van der Waals surface area contributed by atoms with E-state index in [1.165, 1.54) is 32.2 Å². The van der Waals surface area contributed by atoms with E-state index >= 15 is 0 Å². The van der Waals surface area contributed by atoms with E-state index < -0.39 is 5.91 Å². The summed E-state index contributed by atoms with van der Waals surface area (Å²) in [4.78, 5) is 13.6. The van der Waals surface area contributed by atoms with Crippen LogP contribution in [-0.4, -0.2) is 36.5 Å². The molecule has 21 heavy (non-hydrogen) atoms. The van der Waals surface area contributed by atoms with E-state index in [2.05, 4.69) is 4.90 Å². The van der Waals surface area contributed by atoms with E-state index in [1.54, 1.807) is 12.1 Å². The highest BCUT2D eigenvalue weighted by atomic mass is 16.5. The minimum atomic E-state index is -0.401. The topological polar surface area (TPSA) is 55.6 Å². The molecule has 114 valence electrons. The van der Waals surface area contributed by atoms with Crippen LogP contribution in [0.25, 0.3) is 0 Å². The van der Waals surface area contributed by atoms with Crippen molar-refractivity contribution >= 4 is 5.91 Å². The SMILES string of the molecule is NC(=O)c1ccc(OCCCN2CC[C@@H]3CCC[C@H]32)cc1. The van der Waals surface area contributed by atoms with Gasteiger partial charge in [0.15, 0.2) is 0 Å². The van der Waals surface area contributed by atoms with Gasteiger partial charge in [0.1, 0.15) is 5.75 Å². The fourth-order valence-corrected chi connectivity index (χ4v) is 3.78. The molecule has 1 aliphatic heterocycles. The fraction of sp³-hybridized carbons (Fsp3) is 0.588.